The van der Waals surface area contributed by atoms with Gasteiger partial charge in [0, 0.05) is 5.38 Å². The molecule has 1 aliphatic heterocycles. The Morgan fingerprint density at radius 1 is 1.32 bits per heavy atom. The number of sulfone groups is 1. The average Bonchev–Trinajstić information content (AvgIpc) is 2.84. The maximum atomic E-state index is 11.2. The first-order chi connectivity index (χ1) is 8.74. The van der Waals surface area contributed by atoms with Gasteiger partial charge < -0.3 is 0 Å². The molecule has 0 bridgehead atoms. The van der Waals surface area contributed by atoms with Gasteiger partial charge in [-0.3, -0.25) is 0 Å². The van der Waals surface area contributed by atoms with Crippen molar-refractivity contribution in [3.05, 3.63) is 16.1 Å². The van der Waals surface area contributed by atoms with E-state index < -0.39 is 9.84 Å². The number of thiazole rings is 1. The van der Waals surface area contributed by atoms with Crippen molar-refractivity contribution in [2.24, 2.45) is 5.92 Å². The van der Waals surface area contributed by atoms with E-state index in [1.807, 2.05) is 20.8 Å². The van der Waals surface area contributed by atoms with Crippen LogP contribution in [0.15, 0.2) is 5.38 Å². The van der Waals surface area contributed by atoms with E-state index in [0.717, 1.165) is 12.8 Å². The molecule has 0 aliphatic carbocycles. The van der Waals surface area contributed by atoms with Crippen LogP contribution in [-0.4, -0.2) is 24.4 Å². The molecule has 0 N–H and O–H groups in total. The quantitative estimate of drug-likeness (QED) is 0.835. The number of rotatable bonds is 2. The Hall–Kier alpha value is -0.420. The highest BCUT2D eigenvalue weighted by molar-refractivity contribution is 7.92. The molecule has 0 amide bonds. The second-order valence-corrected chi connectivity index (χ2v) is 9.14. The van der Waals surface area contributed by atoms with Crippen molar-refractivity contribution >= 4 is 21.2 Å². The fraction of sp³-hybridized carbons (Fsp3) is 0.786. The summed E-state index contributed by atoms with van der Waals surface area (Å²) in [5.41, 5.74) is 1.22. The molecule has 1 unspecified atom stereocenters. The van der Waals surface area contributed by atoms with Crippen LogP contribution in [0.4, 0.5) is 0 Å². The summed E-state index contributed by atoms with van der Waals surface area (Å²) in [7, 11) is -2.69. The first kappa shape index (κ1) is 16.6. The molecule has 3 nitrogen and oxygen atoms in total. The van der Waals surface area contributed by atoms with Gasteiger partial charge in [-0.25, -0.2) is 13.4 Å². The molecule has 1 aliphatic rings. The van der Waals surface area contributed by atoms with Gasteiger partial charge in [-0.2, -0.15) is 0 Å². The Morgan fingerprint density at radius 2 is 1.95 bits per heavy atom. The highest BCUT2D eigenvalue weighted by Gasteiger charge is 2.33. The smallest absolute Gasteiger partial charge is 0.153 e. The first-order valence-corrected chi connectivity index (χ1v) is 9.47. The van der Waals surface area contributed by atoms with Crippen LogP contribution < -0.4 is 0 Å². The number of hydrogen-bond donors (Lipinski definition) is 0. The molecule has 0 saturated carbocycles. The summed E-state index contributed by atoms with van der Waals surface area (Å²) in [5.74, 6) is 1.29. The molecule has 1 aromatic rings. The summed E-state index contributed by atoms with van der Waals surface area (Å²) in [6.45, 7) is 10.3. The molecule has 0 spiro atoms. The standard InChI is InChI=1S/C7H11NS.C7H14O2S/c1-5(2)7-4-9-6(3)8-7;1-6(2)7-4-3-5-10(7,8)9/h4-5H,1-3H3;6-7H,3-5H2,1-2H3. The van der Waals surface area contributed by atoms with Crippen molar-refractivity contribution in [2.75, 3.05) is 5.75 Å². The second-order valence-electron chi connectivity index (χ2n) is 5.74. The van der Waals surface area contributed by atoms with Crippen LogP contribution in [0, 0.1) is 12.8 Å². The van der Waals surface area contributed by atoms with Gasteiger partial charge in [-0.1, -0.05) is 27.7 Å². The third-order valence-electron chi connectivity index (χ3n) is 3.35. The maximum absolute atomic E-state index is 11.2. The molecule has 19 heavy (non-hydrogen) atoms. The predicted molar refractivity (Wildman–Crippen MR) is 82.6 cm³/mol. The Morgan fingerprint density at radius 3 is 2.16 bits per heavy atom. The van der Waals surface area contributed by atoms with E-state index >= 15 is 0 Å². The third kappa shape index (κ3) is 4.88. The van der Waals surface area contributed by atoms with Crippen LogP contribution in [-0.2, 0) is 9.84 Å². The van der Waals surface area contributed by atoms with Crippen molar-refractivity contribution in [1.82, 2.24) is 4.98 Å². The highest BCUT2D eigenvalue weighted by Crippen LogP contribution is 2.25. The Kier molecular flexibility index (Phi) is 5.99. The predicted octanol–water partition coefficient (Wildman–Crippen LogP) is 3.79. The lowest BCUT2D eigenvalue weighted by Crippen LogP contribution is -2.21. The van der Waals surface area contributed by atoms with Crippen molar-refractivity contribution in [1.29, 1.82) is 0 Å². The molecule has 1 fully saturated rings. The Balaban J connectivity index is 0.000000191. The summed E-state index contributed by atoms with van der Waals surface area (Å²) in [5, 5.41) is 3.24. The van der Waals surface area contributed by atoms with E-state index in [-0.39, 0.29) is 5.25 Å². The molecule has 2 heterocycles. The second kappa shape index (κ2) is 6.84. The molecule has 0 aromatic carbocycles. The topological polar surface area (TPSA) is 47.0 Å². The molecular weight excluding hydrogens is 278 g/mol. The molecule has 110 valence electrons. The normalized spacial score (nSPS) is 21.5. The van der Waals surface area contributed by atoms with Crippen molar-refractivity contribution in [2.45, 2.75) is 58.6 Å². The van der Waals surface area contributed by atoms with Crippen molar-refractivity contribution < 1.29 is 8.42 Å². The van der Waals surface area contributed by atoms with Gasteiger partial charge >= 0.3 is 0 Å². The minimum Gasteiger partial charge on any atom is -0.246 e. The average molecular weight is 303 g/mol. The third-order valence-corrected chi connectivity index (χ3v) is 6.70. The zero-order valence-corrected chi connectivity index (χ0v) is 14.1. The fourth-order valence-corrected chi connectivity index (χ4v) is 5.21. The molecule has 1 atom stereocenters. The lowest BCUT2D eigenvalue weighted by molar-refractivity contribution is 0.538. The molecule has 1 saturated heterocycles. The number of hydrogen-bond acceptors (Lipinski definition) is 4. The van der Waals surface area contributed by atoms with E-state index in [1.54, 1.807) is 11.3 Å². The van der Waals surface area contributed by atoms with Crippen LogP contribution in [0.5, 0.6) is 0 Å². The van der Waals surface area contributed by atoms with Crippen molar-refractivity contribution in [3.63, 3.8) is 0 Å². The number of nitrogens with zero attached hydrogens (tertiary/aromatic N) is 1. The summed E-state index contributed by atoms with van der Waals surface area (Å²) in [4.78, 5) is 4.33. The Labute approximate surface area is 121 Å². The van der Waals surface area contributed by atoms with Gasteiger partial charge in [0.2, 0.25) is 0 Å². The van der Waals surface area contributed by atoms with E-state index in [4.69, 9.17) is 0 Å². The van der Waals surface area contributed by atoms with Gasteiger partial charge in [0.25, 0.3) is 0 Å². The van der Waals surface area contributed by atoms with Gasteiger partial charge in [0.05, 0.1) is 21.7 Å². The monoisotopic (exact) mass is 303 g/mol. The zero-order valence-electron chi connectivity index (χ0n) is 12.5. The summed E-state index contributed by atoms with van der Waals surface area (Å²) >= 11 is 1.72. The highest BCUT2D eigenvalue weighted by atomic mass is 32.2. The fourth-order valence-electron chi connectivity index (χ4n) is 2.21. The molecule has 2 rings (SSSR count). The summed E-state index contributed by atoms with van der Waals surface area (Å²) in [6, 6.07) is 0. The number of aromatic nitrogens is 1. The van der Waals surface area contributed by atoms with Crippen LogP contribution in [0.1, 0.15) is 57.2 Å². The largest absolute Gasteiger partial charge is 0.246 e. The van der Waals surface area contributed by atoms with Crippen LogP contribution in [0.2, 0.25) is 0 Å². The molecular formula is C14H25NO2S2. The minimum absolute atomic E-state index is 0.0486. The van der Waals surface area contributed by atoms with Crippen LogP contribution >= 0.6 is 11.3 Å². The van der Waals surface area contributed by atoms with Gasteiger partial charge in [0.15, 0.2) is 9.84 Å². The van der Waals surface area contributed by atoms with Gasteiger partial charge in [0.1, 0.15) is 0 Å². The summed E-state index contributed by atoms with van der Waals surface area (Å²) < 4.78 is 22.4. The summed E-state index contributed by atoms with van der Waals surface area (Å²) in [6.07, 6.45) is 1.74. The lowest BCUT2D eigenvalue weighted by Gasteiger charge is -2.11. The van der Waals surface area contributed by atoms with Crippen LogP contribution in [0.25, 0.3) is 0 Å². The van der Waals surface area contributed by atoms with E-state index in [1.165, 1.54) is 10.7 Å². The molecule has 1 aromatic heterocycles. The lowest BCUT2D eigenvalue weighted by atomic mass is 10.1. The maximum Gasteiger partial charge on any atom is 0.153 e. The van der Waals surface area contributed by atoms with Gasteiger partial charge in [-0.15, -0.1) is 11.3 Å². The Bertz CT molecular complexity index is 489. The van der Waals surface area contributed by atoms with Crippen LogP contribution in [0.3, 0.4) is 0 Å². The van der Waals surface area contributed by atoms with E-state index in [0.29, 0.717) is 17.6 Å². The number of aryl methyl sites for hydroxylation is 1. The SMILES string of the molecule is CC(C)C1CCCS1(=O)=O.Cc1nc(C(C)C)cs1. The zero-order chi connectivity index (χ0) is 14.6. The van der Waals surface area contributed by atoms with E-state index in [9.17, 15) is 8.42 Å². The van der Waals surface area contributed by atoms with E-state index in [2.05, 4.69) is 24.2 Å². The first-order valence-electron chi connectivity index (χ1n) is 6.87. The minimum atomic E-state index is -2.69. The van der Waals surface area contributed by atoms with Gasteiger partial charge in [-0.05, 0) is 31.6 Å². The molecule has 0 radical (unpaired) electrons. The molecule has 5 heteroatoms. The van der Waals surface area contributed by atoms with Crippen molar-refractivity contribution in [3.8, 4) is 0 Å².